The van der Waals surface area contributed by atoms with Crippen LogP contribution in [0.25, 0.3) is 0 Å². The minimum absolute atomic E-state index is 0.994. The maximum atomic E-state index is 2.46. The molecule has 0 heteroatoms. The third-order valence-corrected chi connectivity index (χ3v) is 3.24. The van der Waals surface area contributed by atoms with Crippen molar-refractivity contribution in [1.82, 2.24) is 0 Å². The standard InChI is InChI=1S/C10H16/c1-8-6-7-9-4-2-3-5-10(8)9/h6,9-10H,2-5,7H2,1H3. The van der Waals surface area contributed by atoms with Gasteiger partial charge in [-0.1, -0.05) is 24.5 Å². The summed E-state index contributed by atoms with van der Waals surface area (Å²) in [4.78, 5) is 0. The van der Waals surface area contributed by atoms with Crippen LogP contribution in [0.3, 0.4) is 0 Å². The molecule has 1 fully saturated rings. The minimum Gasteiger partial charge on any atom is -0.0850 e. The Labute approximate surface area is 63.3 Å². The Morgan fingerprint density at radius 1 is 1.30 bits per heavy atom. The maximum Gasteiger partial charge on any atom is -0.0175 e. The van der Waals surface area contributed by atoms with Crippen LogP contribution in [0, 0.1) is 11.8 Å². The zero-order valence-electron chi connectivity index (χ0n) is 6.77. The first-order valence-electron chi connectivity index (χ1n) is 4.54. The van der Waals surface area contributed by atoms with Crippen molar-refractivity contribution in [3.8, 4) is 0 Å². The van der Waals surface area contributed by atoms with Gasteiger partial charge in [0.1, 0.15) is 0 Å². The van der Waals surface area contributed by atoms with Gasteiger partial charge >= 0.3 is 0 Å². The highest BCUT2D eigenvalue weighted by Gasteiger charge is 2.28. The fraction of sp³-hybridized carbons (Fsp3) is 0.800. The first-order valence-corrected chi connectivity index (χ1v) is 4.54. The summed E-state index contributed by atoms with van der Waals surface area (Å²) >= 11 is 0. The Bertz CT molecular complexity index is 155. The van der Waals surface area contributed by atoms with Crippen LogP contribution < -0.4 is 0 Å². The second-order valence-corrected chi connectivity index (χ2v) is 3.83. The Morgan fingerprint density at radius 2 is 2.10 bits per heavy atom. The predicted molar refractivity (Wildman–Crippen MR) is 43.8 cm³/mol. The fourth-order valence-electron chi connectivity index (χ4n) is 2.58. The van der Waals surface area contributed by atoms with Crippen LogP contribution in [0.1, 0.15) is 39.0 Å². The zero-order chi connectivity index (χ0) is 6.97. The van der Waals surface area contributed by atoms with E-state index in [1.807, 2.05) is 0 Å². The zero-order valence-corrected chi connectivity index (χ0v) is 6.77. The quantitative estimate of drug-likeness (QED) is 0.449. The van der Waals surface area contributed by atoms with Gasteiger partial charge in [0.25, 0.3) is 0 Å². The van der Waals surface area contributed by atoms with Gasteiger partial charge < -0.3 is 0 Å². The van der Waals surface area contributed by atoms with E-state index in [-0.39, 0.29) is 0 Å². The molecule has 0 aliphatic heterocycles. The molecule has 0 aromatic heterocycles. The largest absolute Gasteiger partial charge is 0.0850 e. The molecule has 56 valence electrons. The molecule has 2 aliphatic carbocycles. The smallest absolute Gasteiger partial charge is 0.0175 e. The van der Waals surface area contributed by atoms with E-state index in [0.717, 1.165) is 11.8 Å². The average molecular weight is 136 g/mol. The molecule has 2 unspecified atom stereocenters. The van der Waals surface area contributed by atoms with Gasteiger partial charge in [-0.15, -0.1) is 0 Å². The van der Waals surface area contributed by atoms with Crippen LogP contribution in [0.5, 0.6) is 0 Å². The SMILES string of the molecule is CC1=CCC2CCCCC12. The van der Waals surface area contributed by atoms with Crippen molar-refractivity contribution < 1.29 is 0 Å². The molecule has 0 heterocycles. The normalized spacial score (nSPS) is 39.1. The molecule has 0 amide bonds. The minimum atomic E-state index is 0.994. The lowest BCUT2D eigenvalue weighted by molar-refractivity contribution is 0.294. The molecule has 0 spiro atoms. The van der Waals surface area contributed by atoms with Gasteiger partial charge in [0.05, 0.1) is 0 Å². The van der Waals surface area contributed by atoms with Crippen molar-refractivity contribution in [2.75, 3.05) is 0 Å². The summed E-state index contributed by atoms with van der Waals surface area (Å²) in [6, 6.07) is 0. The Kier molecular flexibility index (Phi) is 1.55. The van der Waals surface area contributed by atoms with Crippen LogP contribution >= 0.6 is 0 Å². The maximum absolute atomic E-state index is 2.46. The van der Waals surface area contributed by atoms with E-state index < -0.39 is 0 Å². The molecular formula is C10H16. The van der Waals surface area contributed by atoms with E-state index in [0.29, 0.717) is 0 Å². The van der Waals surface area contributed by atoms with Gasteiger partial charge in [0.15, 0.2) is 0 Å². The van der Waals surface area contributed by atoms with Crippen molar-refractivity contribution in [1.29, 1.82) is 0 Å². The molecule has 0 aromatic rings. The van der Waals surface area contributed by atoms with Gasteiger partial charge in [-0.3, -0.25) is 0 Å². The average Bonchev–Trinajstić information content (AvgIpc) is 2.34. The van der Waals surface area contributed by atoms with E-state index in [9.17, 15) is 0 Å². The third-order valence-electron chi connectivity index (χ3n) is 3.24. The molecule has 1 saturated carbocycles. The number of allylic oxidation sites excluding steroid dienone is 2. The van der Waals surface area contributed by atoms with Crippen molar-refractivity contribution >= 4 is 0 Å². The van der Waals surface area contributed by atoms with Crippen molar-refractivity contribution in [2.24, 2.45) is 11.8 Å². The summed E-state index contributed by atoms with van der Waals surface area (Å²) in [6.45, 7) is 2.32. The van der Waals surface area contributed by atoms with E-state index in [1.165, 1.54) is 32.1 Å². The molecule has 0 nitrogen and oxygen atoms in total. The Hall–Kier alpha value is -0.260. The van der Waals surface area contributed by atoms with Crippen LogP contribution in [0.2, 0.25) is 0 Å². The lowest BCUT2D eigenvalue weighted by atomic mass is 9.79. The second-order valence-electron chi connectivity index (χ2n) is 3.83. The van der Waals surface area contributed by atoms with E-state index in [4.69, 9.17) is 0 Å². The van der Waals surface area contributed by atoms with Crippen LogP contribution in [-0.4, -0.2) is 0 Å². The van der Waals surface area contributed by atoms with E-state index in [2.05, 4.69) is 13.0 Å². The van der Waals surface area contributed by atoms with Gasteiger partial charge in [-0.25, -0.2) is 0 Å². The summed E-state index contributed by atoms with van der Waals surface area (Å²) in [6.07, 6.45) is 9.79. The van der Waals surface area contributed by atoms with Crippen molar-refractivity contribution in [2.45, 2.75) is 39.0 Å². The molecule has 0 radical (unpaired) electrons. The van der Waals surface area contributed by atoms with Gasteiger partial charge in [0, 0.05) is 0 Å². The first-order chi connectivity index (χ1) is 4.88. The number of fused-ring (bicyclic) bond motifs is 1. The van der Waals surface area contributed by atoms with Crippen molar-refractivity contribution in [3.63, 3.8) is 0 Å². The molecule has 10 heavy (non-hydrogen) atoms. The number of hydrogen-bond acceptors (Lipinski definition) is 0. The lowest BCUT2D eigenvalue weighted by Gasteiger charge is -2.26. The molecule has 0 saturated heterocycles. The topological polar surface area (TPSA) is 0 Å². The van der Waals surface area contributed by atoms with Crippen LogP contribution in [-0.2, 0) is 0 Å². The molecule has 0 N–H and O–H groups in total. The summed E-state index contributed by atoms with van der Waals surface area (Å²) < 4.78 is 0. The molecule has 2 aliphatic rings. The Balaban J connectivity index is 2.08. The van der Waals surface area contributed by atoms with Crippen LogP contribution in [0.15, 0.2) is 11.6 Å². The molecule has 0 bridgehead atoms. The summed E-state index contributed by atoms with van der Waals surface area (Å²) in [5.74, 6) is 2.04. The lowest BCUT2D eigenvalue weighted by Crippen LogP contribution is -2.15. The fourth-order valence-corrected chi connectivity index (χ4v) is 2.58. The molecule has 0 aromatic carbocycles. The van der Waals surface area contributed by atoms with Gasteiger partial charge in [-0.05, 0) is 38.0 Å². The summed E-state index contributed by atoms with van der Waals surface area (Å²) in [5.41, 5.74) is 1.68. The summed E-state index contributed by atoms with van der Waals surface area (Å²) in [7, 11) is 0. The highest BCUT2D eigenvalue weighted by molar-refractivity contribution is 5.13. The van der Waals surface area contributed by atoms with E-state index >= 15 is 0 Å². The van der Waals surface area contributed by atoms with Crippen LogP contribution in [0.4, 0.5) is 0 Å². The van der Waals surface area contributed by atoms with E-state index in [1.54, 1.807) is 5.57 Å². The molecular weight excluding hydrogens is 120 g/mol. The molecule has 2 atom stereocenters. The highest BCUT2D eigenvalue weighted by atomic mass is 14.3. The van der Waals surface area contributed by atoms with Gasteiger partial charge in [-0.2, -0.15) is 0 Å². The molecule has 2 rings (SSSR count). The first kappa shape index (κ1) is 6.45. The predicted octanol–water partition coefficient (Wildman–Crippen LogP) is 3.14. The Morgan fingerprint density at radius 3 is 2.90 bits per heavy atom. The van der Waals surface area contributed by atoms with Crippen molar-refractivity contribution in [3.05, 3.63) is 11.6 Å². The van der Waals surface area contributed by atoms with Gasteiger partial charge in [0.2, 0.25) is 0 Å². The third kappa shape index (κ3) is 0.902. The highest BCUT2D eigenvalue weighted by Crippen LogP contribution is 2.41. The monoisotopic (exact) mass is 136 g/mol. The number of hydrogen-bond donors (Lipinski definition) is 0. The summed E-state index contributed by atoms with van der Waals surface area (Å²) in [5, 5.41) is 0. The number of rotatable bonds is 0. The second kappa shape index (κ2) is 2.41.